The molecule has 0 spiro atoms. The second-order valence-electron chi connectivity index (χ2n) is 4.37. The van der Waals surface area contributed by atoms with Crippen LogP contribution in [0.15, 0.2) is 18.3 Å². The van der Waals surface area contributed by atoms with Gasteiger partial charge < -0.3 is 10.6 Å². The number of nitrogen functional groups attached to an aromatic ring is 1. The van der Waals surface area contributed by atoms with Crippen LogP contribution in [0.4, 0.5) is 5.82 Å². The molecule has 0 amide bonds. The van der Waals surface area contributed by atoms with Gasteiger partial charge in [-0.25, -0.2) is 4.98 Å². The van der Waals surface area contributed by atoms with Gasteiger partial charge in [0.05, 0.1) is 0 Å². The maximum absolute atomic E-state index is 7.44. The third-order valence-electron chi connectivity index (χ3n) is 2.99. The van der Waals surface area contributed by atoms with Gasteiger partial charge >= 0.3 is 0 Å². The Morgan fingerprint density at radius 2 is 2.24 bits per heavy atom. The average molecular weight is 234 g/mol. The average Bonchev–Trinajstić information content (AvgIpc) is 2.35. The molecular weight excluding hydrogens is 212 g/mol. The number of nitrogens with zero attached hydrogens (tertiary/aromatic N) is 2. The van der Waals surface area contributed by atoms with Gasteiger partial charge in [0.2, 0.25) is 0 Å². The molecule has 0 bridgehead atoms. The van der Waals surface area contributed by atoms with E-state index in [0.717, 1.165) is 30.9 Å². The highest BCUT2D eigenvalue weighted by molar-refractivity contribution is 5.95. The summed E-state index contributed by atoms with van der Waals surface area (Å²) >= 11 is 0. The van der Waals surface area contributed by atoms with Crippen molar-refractivity contribution in [2.45, 2.75) is 27.2 Å². The van der Waals surface area contributed by atoms with Crippen LogP contribution >= 0.6 is 0 Å². The number of hydrogen-bond acceptors (Lipinski definition) is 3. The fourth-order valence-electron chi connectivity index (χ4n) is 1.65. The lowest BCUT2D eigenvalue weighted by atomic mass is 10.1. The summed E-state index contributed by atoms with van der Waals surface area (Å²) in [6.45, 7) is 8.44. The molecule has 0 aliphatic rings. The zero-order chi connectivity index (χ0) is 12.8. The molecule has 4 heteroatoms. The fraction of sp³-hybridized carbons (Fsp3) is 0.538. The highest BCUT2D eigenvalue weighted by atomic mass is 15.2. The Kier molecular flexibility index (Phi) is 4.94. The van der Waals surface area contributed by atoms with E-state index in [1.54, 1.807) is 12.3 Å². The Morgan fingerprint density at radius 1 is 1.53 bits per heavy atom. The Labute approximate surface area is 103 Å². The molecule has 1 atom stereocenters. The van der Waals surface area contributed by atoms with Crippen LogP contribution in [0.1, 0.15) is 32.8 Å². The molecule has 0 saturated heterocycles. The molecule has 1 heterocycles. The molecule has 94 valence electrons. The molecule has 0 aliphatic heterocycles. The van der Waals surface area contributed by atoms with Gasteiger partial charge in [-0.15, -0.1) is 0 Å². The zero-order valence-corrected chi connectivity index (χ0v) is 10.9. The molecular formula is C13H22N4. The van der Waals surface area contributed by atoms with Crippen molar-refractivity contribution in [1.29, 1.82) is 5.41 Å². The molecule has 4 nitrogen and oxygen atoms in total. The van der Waals surface area contributed by atoms with Crippen molar-refractivity contribution in [1.82, 2.24) is 4.98 Å². The minimum Gasteiger partial charge on any atom is -0.384 e. The molecule has 0 radical (unpaired) electrons. The van der Waals surface area contributed by atoms with Crippen LogP contribution in [0.3, 0.4) is 0 Å². The Morgan fingerprint density at radius 3 is 2.76 bits per heavy atom. The van der Waals surface area contributed by atoms with Crippen molar-refractivity contribution < 1.29 is 0 Å². The molecule has 1 aromatic rings. The van der Waals surface area contributed by atoms with Crippen molar-refractivity contribution in [2.24, 2.45) is 11.7 Å². The maximum atomic E-state index is 7.44. The van der Waals surface area contributed by atoms with Gasteiger partial charge in [0.15, 0.2) is 0 Å². The van der Waals surface area contributed by atoms with E-state index in [0.29, 0.717) is 5.92 Å². The van der Waals surface area contributed by atoms with Crippen molar-refractivity contribution in [3.63, 3.8) is 0 Å². The van der Waals surface area contributed by atoms with E-state index in [4.69, 9.17) is 11.1 Å². The smallest absolute Gasteiger partial charge is 0.129 e. The monoisotopic (exact) mass is 234 g/mol. The molecule has 1 aromatic heterocycles. The van der Waals surface area contributed by atoms with Crippen molar-refractivity contribution in [3.8, 4) is 0 Å². The summed E-state index contributed by atoms with van der Waals surface area (Å²) < 4.78 is 0. The summed E-state index contributed by atoms with van der Waals surface area (Å²) in [6.07, 6.45) is 2.87. The Balaban J connectivity index is 2.88. The predicted octanol–water partition coefficient (Wildman–Crippen LogP) is 2.24. The predicted molar refractivity (Wildman–Crippen MR) is 72.6 cm³/mol. The number of hydrogen-bond donors (Lipinski definition) is 2. The zero-order valence-electron chi connectivity index (χ0n) is 10.9. The lowest BCUT2D eigenvalue weighted by Crippen LogP contribution is -2.29. The van der Waals surface area contributed by atoms with Gasteiger partial charge in [-0.2, -0.15) is 0 Å². The van der Waals surface area contributed by atoms with Gasteiger partial charge in [-0.05, 0) is 25.0 Å². The molecule has 0 aromatic carbocycles. The van der Waals surface area contributed by atoms with Gasteiger partial charge in [0.25, 0.3) is 0 Å². The summed E-state index contributed by atoms with van der Waals surface area (Å²) in [5.41, 5.74) is 6.22. The first-order chi connectivity index (χ1) is 8.08. The van der Waals surface area contributed by atoms with Crippen LogP contribution in [0, 0.1) is 11.3 Å². The number of pyridine rings is 1. The number of anilines is 1. The van der Waals surface area contributed by atoms with Crippen LogP contribution in [-0.4, -0.2) is 23.9 Å². The summed E-state index contributed by atoms with van der Waals surface area (Å²) in [5, 5.41) is 7.44. The minimum atomic E-state index is 0.0910. The van der Waals surface area contributed by atoms with Crippen LogP contribution in [0.5, 0.6) is 0 Å². The van der Waals surface area contributed by atoms with Crippen LogP contribution in [0.25, 0.3) is 0 Å². The van der Waals surface area contributed by atoms with E-state index in [9.17, 15) is 0 Å². The van der Waals surface area contributed by atoms with Gasteiger partial charge in [0, 0.05) is 24.8 Å². The molecule has 1 unspecified atom stereocenters. The normalized spacial score (nSPS) is 12.2. The molecule has 0 aliphatic carbocycles. The molecule has 17 heavy (non-hydrogen) atoms. The second-order valence-corrected chi connectivity index (χ2v) is 4.37. The van der Waals surface area contributed by atoms with E-state index >= 15 is 0 Å². The minimum absolute atomic E-state index is 0.0910. The highest BCUT2D eigenvalue weighted by Crippen LogP contribution is 2.15. The third kappa shape index (κ3) is 3.73. The van der Waals surface area contributed by atoms with Gasteiger partial charge in [0.1, 0.15) is 11.7 Å². The number of amidine groups is 1. The van der Waals surface area contributed by atoms with Crippen molar-refractivity contribution in [2.75, 3.05) is 18.0 Å². The van der Waals surface area contributed by atoms with Gasteiger partial charge in [-0.3, -0.25) is 5.41 Å². The second kappa shape index (κ2) is 6.23. The summed E-state index contributed by atoms with van der Waals surface area (Å²) in [7, 11) is 0. The fourth-order valence-corrected chi connectivity index (χ4v) is 1.65. The first kappa shape index (κ1) is 13.5. The number of rotatable bonds is 6. The third-order valence-corrected chi connectivity index (χ3v) is 2.99. The molecule has 0 fully saturated rings. The van der Waals surface area contributed by atoms with Crippen LogP contribution in [-0.2, 0) is 0 Å². The topological polar surface area (TPSA) is 66.0 Å². The SMILES string of the molecule is CCC(C)CN(CC)c1cc(C(=N)N)ccn1. The quantitative estimate of drug-likeness (QED) is 0.586. The van der Waals surface area contributed by atoms with E-state index in [1.165, 1.54) is 0 Å². The largest absolute Gasteiger partial charge is 0.384 e. The first-order valence-electron chi connectivity index (χ1n) is 6.13. The lowest BCUT2D eigenvalue weighted by Gasteiger charge is -2.25. The standard InChI is InChI=1S/C13H22N4/c1-4-10(3)9-17(5-2)12-8-11(13(14)15)6-7-16-12/h6-8,10H,4-5,9H2,1-3H3,(H3,14,15). The van der Waals surface area contributed by atoms with Crippen LogP contribution < -0.4 is 10.6 Å². The van der Waals surface area contributed by atoms with E-state index < -0.39 is 0 Å². The highest BCUT2D eigenvalue weighted by Gasteiger charge is 2.10. The molecule has 3 N–H and O–H groups in total. The molecule has 0 saturated carbocycles. The van der Waals surface area contributed by atoms with Crippen molar-refractivity contribution >= 4 is 11.7 Å². The van der Waals surface area contributed by atoms with E-state index in [1.807, 2.05) is 6.07 Å². The van der Waals surface area contributed by atoms with E-state index in [-0.39, 0.29) is 5.84 Å². The van der Waals surface area contributed by atoms with E-state index in [2.05, 4.69) is 30.7 Å². The lowest BCUT2D eigenvalue weighted by molar-refractivity contribution is 0.545. The van der Waals surface area contributed by atoms with Crippen molar-refractivity contribution in [3.05, 3.63) is 23.9 Å². The van der Waals surface area contributed by atoms with Crippen LogP contribution in [0.2, 0.25) is 0 Å². The van der Waals surface area contributed by atoms with Gasteiger partial charge in [-0.1, -0.05) is 20.3 Å². The number of nitrogens with one attached hydrogen (secondary N) is 1. The summed E-state index contributed by atoms with van der Waals surface area (Å²) in [6, 6.07) is 3.65. The maximum Gasteiger partial charge on any atom is 0.129 e. The Bertz CT molecular complexity index is 375. The first-order valence-corrected chi connectivity index (χ1v) is 6.13. The number of aromatic nitrogens is 1. The summed E-state index contributed by atoms with van der Waals surface area (Å²) in [4.78, 5) is 6.58. The molecule has 1 rings (SSSR count). The Hall–Kier alpha value is -1.58. The summed E-state index contributed by atoms with van der Waals surface area (Å²) in [5.74, 6) is 1.63. The number of nitrogens with two attached hydrogens (primary N) is 1.